The number of esters is 2. The molecule has 0 amide bonds. The van der Waals surface area contributed by atoms with Crippen LogP contribution in [-0.4, -0.2) is 65.7 Å². The van der Waals surface area contributed by atoms with Crippen molar-refractivity contribution in [3.63, 3.8) is 0 Å². The van der Waals surface area contributed by atoms with Crippen LogP contribution in [0.2, 0.25) is 0 Å². The van der Waals surface area contributed by atoms with Crippen LogP contribution in [0, 0.1) is 0 Å². The zero-order valence-electron chi connectivity index (χ0n) is 33.9. The van der Waals surface area contributed by atoms with Crippen LogP contribution in [-0.2, 0) is 32.7 Å². The number of aliphatic hydroxyl groups is 2. The Balaban J connectivity index is 4.32. The second-order valence-corrected chi connectivity index (χ2v) is 15.4. The van der Waals surface area contributed by atoms with Gasteiger partial charge in [0.25, 0.3) is 0 Å². The summed E-state index contributed by atoms with van der Waals surface area (Å²) in [4.78, 5) is 34.9. The highest BCUT2D eigenvalue weighted by atomic mass is 31.2. The van der Waals surface area contributed by atoms with E-state index in [-0.39, 0.29) is 19.4 Å². The number of phosphoric ester groups is 1. The zero-order valence-corrected chi connectivity index (χ0v) is 34.8. The summed E-state index contributed by atoms with van der Waals surface area (Å²) in [5.74, 6) is -0.941. The maximum Gasteiger partial charge on any atom is 0.472 e. The lowest BCUT2D eigenvalue weighted by Crippen LogP contribution is -2.29. The fraction of sp³-hybridized carbons (Fsp3) is 0.767. The summed E-state index contributed by atoms with van der Waals surface area (Å²) in [6, 6.07) is 0. The molecule has 0 spiro atoms. The van der Waals surface area contributed by atoms with E-state index < -0.39 is 51.8 Å². The van der Waals surface area contributed by atoms with Gasteiger partial charge in [-0.05, 0) is 51.4 Å². The average Bonchev–Trinajstić information content (AvgIpc) is 3.16. The standard InChI is InChI=1S/C43H77O10P/c1-3-5-7-9-11-13-15-17-18-19-20-21-22-23-25-27-29-31-33-35-43(47)53-41(39-52-54(48,49)51-37-40(45)36-44)38-50-42(46)34-32-30-28-26-24-16-14-12-10-8-6-4-2/h5,7,11,13,17-18,20-21,40-41,44-45H,3-4,6,8-10,12,14-16,19,22-39H2,1-2H3,(H,48,49)/b7-5-,13-11-,18-17-,21-20-. The lowest BCUT2D eigenvalue weighted by atomic mass is 10.0. The third-order valence-electron chi connectivity index (χ3n) is 8.75. The number of carbonyl (C=O) groups excluding carboxylic acids is 2. The molecule has 10 nitrogen and oxygen atoms in total. The highest BCUT2D eigenvalue weighted by Crippen LogP contribution is 2.43. The number of phosphoric acid groups is 1. The lowest BCUT2D eigenvalue weighted by molar-refractivity contribution is -0.161. The van der Waals surface area contributed by atoms with Crippen molar-refractivity contribution in [1.29, 1.82) is 0 Å². The van der Waals surface area contributed by atoms with E-state index in [0.29, 0.717) is 12.8 Å². The monoisotopic (exact) mass is 785 g/mol. The van der Waals surface area contributed by atoms with E-state index in [2.05, 4.69) is 67.0 Å². The van der Waals surface area contributed by atoms with Crippen LogP contribution >= 0.6 is 7.82 Å². The van der Waals surface area contributed by atoms with Crippen molar-refractivity contribution in [2.24, 2.45) is 0 Å². The molecule has 11 heteroatoms. The Labute approximate surface area is 328 Å². The molecule has 0 heterocycles. The smallest absolute Gasteiger partial charge is 0.462 e. The second-order valence-electron chi connectivity index (χ2n) is 14.0. The number of rotatable bonds is 39. The largest absolute Gasteiger partial charge is 0.472 e. The molecule has 0 saturated carbocycles. The molecule has 0 aromatic rings. The summed E-state index contributed by atoms with van der Waals surface area (Å²) in [7, 11) is -4.62. The van der Waals surface area contributed by atoms with Gasteiger partial charge < -0.3 is 24.6 Å². The first-order chi connectivity index (χ1) is 26.2. The van der Waals surface area contributed by atoms with Gasteiger partial charge in [-0.25, -0.2) is 4.57 Å². The lowest BCUT2D eigenvalue weighted by Gasteiger charge is -2.20. The van der Waals surface area contributed by atoms with E-state index in [1.807, 2.05) is 0 Å². The molecular formula is C43H77O10P. The van der Waals surface area contributed by atoms with Crippen molar-refractivity contribution in [1.82, 2.24) is 0 Å². The zero-order chi connectivity index (χ0) is 39.8. The van der Waals surface area contributed by atoms with Gasteiger partial charge in [0.15, 0.2) is 6.10 Å². The fourth-order valence-corrected chi connectivity index (χ4v) is 6.30. The Morgan fingerprint density at radius 1 is 0.574 bits per heavy atom. The molecule has 0 aliphatic heterocycles. The molecule has 54 heavy (non-hydrogen) atoms. The highest BCUT2D eigenvalue weighted by Gasteiger charge is 2.27. The average molecular weight is 785 g/mol. The number of hydrogen-bond donors (Lipinski definition) is 3. The van der Waals surface area contributed by atoms with Crippen molar-refractivity contribution < 1.29 is 47.8 Å². The van der Waals surface area contributed by atoms with Crippen molar-refractivity contribution in [2.75, 3.05) is 26.4 Å². The molecular weight excluding hydrogens is 707 g/mol. The first kappa shape index (κ1) is 51.9. The molecule has 0 rings (SSSR count). The molecule has 0 aromatic carbocycles. The quantitative estimate of drug-likeness (QED) is 0.0238. The summed E-state index contributed by atoms with van der Waals surface area (Å²) in [6.45, 7) is 2.24. The molecule has 0 aliphatic carbocycles. The van der Waals surface area contributed by atoms with Gasteiger partial charge >= 0.3 is 19.8 Å². The van der Waals surface area contributed by atoms with Crippen molar-refractivity contribution in [2.45, 2.75) is 187 Å². The van der Waals surface area contributed by atoms with Crippen molar-refractivity contribution in [3.8, 4) is 0 Å². The molecule has 3 unspecified atom stereocenters. The maximum absolute atomic E-state index is 12.6. The van der Waals surface area contributed by atoms with Crippen LogP contribution in [0.4, 0.5) is 0 Å². The van der Waals surface area contributed by atoms with Gasteiger partial charge in [0.1, 0.15) is 12.7 Å². The number of hydrogen-bond acceptors (Lipinski definition) is 9. The summed E-state index contributed by atoms with van der Waals surface area (Å²) < 4.78 is 32.7. The van der Waals surface area contributed by atoms with Gasteiger partial charge in [0.05, 0.1) is 19.8 Å². The third kappa shape index (κ3) is 38.2. The minimum Gasteiger partial charge on any atom is -0.462 e. The van der Waals surface area contributed by atoms with E-state index in [9.17, 15) is 24.2 Å². The molecule has 314 valence electrons. The Morgan fingerprint density at radius 3 is 1.54 bits per heavy atom. The van der Waals surface area contributed by atoms with Crippen LogP contribution in [0.25, 0.3) is 0 Å². The second kappa shape index (κ2) is 39.2. The maximum atomic E-state index is 12.6. The highest BCUT2D eigenvalue weighted by molar-refractivity contribution is 7.47. The fourth-order valence-electron chi connectivity index (χ4n) is 5.51. The van der Waals surface area contributed by atoms with Crippen LogP contribution in [0.1, 0.15) is 174 Å². The van der Waals surface area contributed by atoms with Crippen LogP contribution in [0.5, 0.6) is 0 Å². The Bertz CT molecular complexity index is 1040. The van der Waals surface area contributed by atoms with E-state index in [4.69, 9.17) is 19.1 Å². The summed E-state index contributed by atoms with van der Waals surface area (Å²) >= 11 is 0. The van der Waals surface area contributed by atoms with Gasteiger partial charge in [-0.2, -0.15) is 0 Å². The predicted octanol–water partition coefficient (Wildman–Crippen LogP) is 10.9. The van der Waals surface area contributed by atoms with Gasteiger partial charge in [-0.3, -0.25) is 18.6 Å². The van der Waals surface area contributed by atoms with Gasteiger partial charge in [0.2, 0.25) is 0 Å². The van der Waals surface area contributed by atoms with E-state index in [1.165, 1.54) is 51.4 Å². The number of aliphatic hydroxyl groups excluding tert-OH is 2. The minimum absolute atomic E-state index is 0.168. The number of carbonyl (C=O) groups is 2. The van der Waals surface area contributed by atoms with Gasteiger partial charge in [-0.15, -0.1) is 0 Å². The topological polar surface area (TPSA) is 149 Å². The van der Waals surface area contributed by atoms with Crippen molar-refractivity contribution in [3.05, 3.63) is 48.6 Å². The molecule has 3 N–H and O–H groups in total. The van der Waals surface area contributed by atoms with E-state index in [1.54, 1.807) is 0 Å². The van der Waals surface area contributed by atoms with E-state index in [0.717, 1.165) is 83.5 Å². The normalized spacial score (nSPS) is 14.4. The van der Waals surface area contributed by atoms with Crippen LogP contribution in [0.15, 0.2) is 48.6 Å². The predicted molar refractivity (Wildman–Crippen MR) is 219 cm³/mol. The number of ether oxygens (including phenoxy) is 2. The van der Waals surface area contributed by atoms with Gasteiger partial charge in [-0.1, -0.05) is 159 Å². The molecule has 0 fully saturated rings. The first-order valence-corrected chi connectivity index (χ1v) is 22.6. The van der Waals surface area contributed by atoms with E-state index >= 15 is 0 Å². The summed E-state index contributed by atoms with van der Waals surface area (Å²) in [5.41, 5.74) is 0. The Hall–Kier alpha value is -2.07. The van der Waals surface area contributed by atoms with Gasteiger partial charge in [0, 0.05) is 12.8 Å². The minimum atomic E-state index is -4.62. The summed E-state index contributed by atoms with van der Waals surface area (Å²) in [5, 5.41) is 18.3. The Morgan fingerprint density at radius 2 is 1.02 bits per heavy atom. The number of allylic oxidation sites excluding steroid dienone is 8. The molecule has 0 radical (unpaired) electrons. The number of unbranched alkanes of at least 4 members (excludes halogenated alkanes) is 17. The molecule has 0 bridgehead atoms. The molecule has 0 saturated heterocycles. The van der Waals surface area contributed by atoms with Crippen LogP contribution in [0.3, 0.4) is 0 Å². The molecule has 0 aromatic heterocycles. The summed E-state index contributed by atoms with van der Waals surface area (Å²) in [6.07, 6.45) is 40.7. The SMILES string of the molecule is CC/C=C\C/C=C\C/C=C\C/C=C\CCCCCCCCC(=O)OC(COC(=O)CCCCCCCCCCCCCC)COP(=O)(O)OCC(O)CO. The first-order valence-electron chi connectivity index (χ1n) is 21.1. The molecule has 0 aliphatic rings. The molecule has 3 atom stereocenters. The Kier molecular flexibility index (Phi) is 37.7. The van der Waals surface area contributed by atoms with Crippen LogP contribution < -0.4 is 0 Å². The van der Waals surface area contributed by atoms with Crippen molar-refractivity contribution >= 4 is 19.8 Å². The third-order valence-corrected chi connectivity index (χ3v) is 9.70.